The molecule has 0 saturated carbocycles. The molecule has 192 valence electrons. The van der Waals surface area contributed by atoms with Crippen molar-refractivity contribution in [2.24, 2.45) is 0 Å². The molecule has 0 aliphatic carbocycles. The van der Waals surface area contributed by atoms with E-state index in [2.05, 4.69) is 38.0 Å². The molecule has 2 fully saturated rings. The van der Waals surface area contributed by atoms with Crippen molar-refractivity contribution in [2.75, 3.05) is 39.5 Å². The summed E-state index contributed by atoms with van der Waals surface area (Å²) in [5.41, 5.74) is 6.92. The first-order chi connectivity index (χ1) is 18.2. The number of hydroxylamine groups is 1. The number of aromatic nitrogens is 3. The fraction of sp³-hybridized carbons (Fsp3) is 0.370. The van der Waals surface area contributed by atoms with Crippen molar-refractivity contribution in [3.63, 3.8) is 0 Å². The maximum absolute atomic E-state index is 11.8. The quantitative estimate of drug-likeness (QED) is 0.297. The highest BCUT2D eigenvalue weighted by Crippen LogP contribution is 2.43. The number of rotatable bonds is 6. The summed E-state index contributed by atoms with van der Waals surface area (Å²) in [5, 5.41) is 12.1. The molecule has 4 aromatic rings. The number of benzene rings is 1. The Labute approximate surface area is 218 Å². The van der Waals surface area contributed by atoms with Gasteiger partial charge in [-0.1, -0.05) is 12.1 Å². The van der Waals surface area contributed by atoms with E-state index in [0.29, 0.717) is 18.8 Å². The lowest BCUT2D eigenvalue weighted by molar-refractivity contribution is 0.0342. The lowest BCUT2D eigenvalue weighted by Crippen LogP contribution is -2.35. The summed E-state index contributed by atoms with van der Waals surface area (Å²) in [4.78, 5) is 24.0. The molecule has 2 aliphatic heterocycles. The highest BCUT2D eigenvalue weighted by atomic mass is 32.1. The largest absolute Gasteiger partial charge is 0.381 e. The maximum Gasteiger partial charge on any atom is 0.274 e. The fourth-order valence-electron chi connectivity index (χ4n) is 5.29. The molecule has 2 N–H and O–H groups in total. The van der Waals surface area contributed by atoms with Gasteiger partial charge in [-0.2, -0.15) is 0 Å². The number of fused-ring (bicyclic) bond motifs is 1. The Balaban J connectivity index is 1.30. The van der Waals surface area contributed by atoms with Crippen LogP contribution in [0.1, 0.15) is 39.3 Å². The number of hydrogen-bond acceptors (Lipinski definition) is 8. The molecule has 2 aliphatic rings. The standard InChI is InChI=1S/C27H29N5O4S/c33-25(30-34)20-1-3-21(4-2-20)27(6-11-35-12-7-27)26-29-22(18-37-26)23-16-28-24-15-19(5-8-32(23)24)17-31-9-13-36-14-10-31/h1-5,8,15-16,18,34H,6-7,9-14,17H2,(H,30,33). The van der Waals surface area contributed by atoms with Crippen molar-refractivity contribution < 1.29 is 19.5 Å². The Bertz CT molecular complexity index is 1390. The Morgan fingerprint density at radius 1 is 1.08 bits per heavy atom. The molecule has 2 saturated heterocycles. The number of carbonyl (C=O) groups excluding carboxylic acids is 1. The molecule has 9 nitrogen and oxygen atoms in total. The summed E-state index contributed by atoms with van der Waals surface area (Å²) < 4.78 is 13.3. The molecular formula is C27H29N5O4S. The topological polar surface area (TPSA) is 101 Å². The Kier molecular flexibility index (Phi) is 6.74. The normalized spacial score (nSPS) is 18.2. The average Bonchev–Trinajstić information content (AvgIpc) is 3.61. The van der Waals surface area contributed by atoms with Gasteiger partial charge in [-0.3, -0.25) is 19.3 Å². The predicted molar refractivity (Wildman–Crippen MR) is 139 cm³/mol. The van der Waals surface area contributed by atoms with Crippen molar-refractivity contribution in [3.8, 4) is 11.4 Å². The van der Waals surface area contributed by atoms with E-state index in [4.69, 9.17) is 19.7 Å². The van der Waals surface area contributed by atoms with Gasteiger partial charge in [-0.05, 0) is 48.2 Å². The summed E-state index contributed by atoms with van der Waals surface area (Å²) in [6.07, 6.45) is 5.60. The Morgan fingerprint density at radius 2 is 1.84 bits per heavy atom. The third kappa shape index (κ3) is 4.67. The van der Waals surface area contributed by atoms with Crippen molar-refractivity contribution in [3.05, 3.63) is 75.9 Å². The summed E-state index contributed by atoms with van der Waals surface area (Å²) >= 11 is 1.65. The van der Waals surface area contributed by atoms with Gasteiger partial charge in [-0.25, -0.2) is 15.4 Å². The van der Waals surface area contributed by atoms with E-state index in [1.54, 1.807) is 28.9 Å². The van der Waals surface area contributed by atoms with Gasteiger partial charge in [0.25, 0.3) is 5.91 Å². The van der Waals surface area contributed by atoms with E-state index in [1.807, 2.05) is 18.3 Å². The van der Waals surface area contributed by atoms with Crippen LogP contribution in [-0.2, 0) is 21.4 Å². The van der Waals surface area contributed by atoms with Crippen LogP contribution in [0.25, 0.3) is 17.0 Å². The minimum atomic E-state index is -0.523. The highest BCUT2D eigenvalue weighted by molar-refractivity contribution is 7.10. The molecular weight excluding hydrogens is 490 g/mol. The SMILES string of the molecule is O=C(NO)c1ccc(C2(c3nc(-c4cnc5cc(CN6CCOCC6)ccn45)cs3)CCOCC2)cc1. The number of nitrogens with one attached hydrogen (secondary N) is 1. The number of pyridine rings is 1. The molecule has 1 amide bonds. The van der Waals surface area contributed by atoms with Crippen LogP contribution in [0.3, 0.4) is 0 Å². The summed E-state index contributed by atoms with van der Waals surface area (Å²) in [7, 11) is 0. The summed E-state index contributed by atoms with van der Waals surface area (Å²) in [6, 6.07) is 11.7. The summed E-state index contributed by atoms with van der Waals surface area (Å²) in [6.45, 7) is 5.68. The van der Waals surface area contributed by atoms with Gasteiger partial charge in [0.15, 0.2) is 0 Å². The number of amides is 1. The predicted octanol–water partition coefficient (Wildman–Crippen LogP) is 3.51. The Hall–Kier alpha value is -3.15. The number of ether oxygens (including phenoxy) is 2. The molecule has 0 radical (unpaired) electrons. The minimum absolute atomic E-state index is 0.290. The molecule has 37 heavy (non-hydrogen) atoms. The Morgan fingerprint density at radius 3 is 2.59 bits per heavy atom. The number of nitrogens with zero attached hydrogens (tertiary/aromatic N) is 4. The lowest BCUT2D eigenvalue weighted by atomic mass is 9.74. The zero-order chi connectivity index (χ0) is 25.2. The van der Waals surface area contributed by atoms with Crippen LogP contribution < -0.4 is 5.48 Å². The van der Waals surface area contributed by atoms with Gasteiger partial charge in [0.2, 0.25) is 0 Å². The zero-order valence-electron chi connectivity index (χ0n) is 20.4. The van der Waals surface area contributed by atoms with Gasteiger partial charge in [0.1, 0.15) is 10.7 Å². The van der Waals surface area contributed by atoms with E-state index in [0.717, 1.165) is 73.3 Å². The van der Waals surface area contributed by atoms with Crippen LogP contribution in [0, 0.1) is 0 Å². The van der Waals surface area contributed by atoms with Crippen LogP contribution in [0.15, 0.2) is 54.2 Å². The van der Waals surface area contributed by atoms with Crippen molar-refractivity contribution in [2.45, 2.75) is 24.8 Å². The fourth-order valence-corrected chi connectivity index (χ4v) is 6.39. The molecule has 3 aromatic heterocycles. The van der Waals surface area contributed by atoms with E-state index in [9.17, 15) is 4.79 Å². The van der Waals surface area contributed by atoms with Gasteiger partial charge in [-0.15, -0.1) is 11.3 Å². The van der Waals surface area contributed by atoms with Crippen LogP contribution in [0.2, 0.25) is 0 Å². The van der Waals surface area contributed by atoms with E-state index in [-0.39, 0.29) is 5.41 Å². The first-order valence-electron chi connectivity index (χ1n) is 12.5. The van der Waals surface area contributed by atoms with Crippen LogP contribution in [-0.4, -0.2) is 69.9 Å². The van der Waals surface area contributed by atoms with E-state index >= 15 is 0 Å². The number of imidazole rings is 1. The monoisotopic (exact) mass is 519 g/mol. The average molecular weight is 520 g/mol. The summed E-state index contributed by atoms with van der Waals surface area (Å²) in [5.74, 6) is -0.523. The second kappa shape index (κ2) is 10.3. The van der Waals surface area contributed by atoms with Crippen LogP contribution >= 0.6 is 11.3 Å². The van der Waals surface area contributed by atoms with Gasteiger partial charge >= 0.3 is 0 Å². The molecule has 0 spiro atoms. The molecule has 0 unspecified atom stereocenters. The van der Waals surface area contributed by atoms with Crippen molar-refractivity contribution >= 4 is 22.9 Å². The number of thiazole rings is 1. The van der Waals surface area contributed by atoms with E-state index < -0.39 is 5.91 Å². The second-order valence-electron chi connectivity index (χ2n) is 9.55. The van der Waals surface area contributed by atoms with Gasteiger partial charge in [0.05, 0.1) is 36.2 Å². The maximum atomic E-state index is 11.8. The van der Waals surface area contributed by atoms with Crippen molar-refractivity contribution in [1.82, 2.24) is 24.7 Å². The smallest absolute Gasteiger partial charge is 0.274 e. The first-order valence-corrected chi connectivity index (χ1v) is 13.4. The number of morpholine rings is 1. The first kappa shape index (κ1) is 24.2. The second-order valence-corrected chi connectivity index (χ2v) is 10.4. The molecule has 0 atom stereocenters. The number of carbonyl (C=O) groups is 1. The molecule has 1 aromatic carbocycles. The zero-order valence-corrected chi connectivity index (χ0v) is 21.2. The van der Waals surface area contributed by atoms with Gasteiger partial charge < -0.3 is 9.47 Å². The third-order valence-electron chi connectivity index (χ3n) is 7.41. The van der Waals surface area contributed by atoms with Crippen molar-refractivity contribution in [1.29, 1.82) is 0 Å². The molecule has 6 rings (SSSR count). The van der Waals surface area contributed by atoms with Crippen LogP contribution in [0.5, 0.6) is 0 Å². The number of hydrogen-bond donors (Lipinski definition) is 2. The molecule has 10 heteroatoms. The third-order valence-corrected chi connectivity index (χ3v) is 8.46. The van der Waals surface area contributed by atoms with Crippen LogP contribution in [0.4, 0.5) is 0 Å². The minimum Gasteiger partial charge on any atom is -0.381 e. The molecule has 5 heterocycles. The lowest BCUT2D eigenvalue weighted by Gasteiger charge is -2.36. The highest BCUT2D eigenvalue weighted by Gasteiger charge is 2.39. The van der Waals surface area contributed by atoms with E-state index in [1.165, 1.54) is 5.56 Å². The molecule has 0 bridgehead atoms. The van der Waals surface area contributed by atoms with Gasteiger partial charge in [0, 0.05) is 50.0 Å².